The molecule has 3 aromatic rings. The molecular formula is C18H18FN5O3. The molecule has 1 fully saturated rings. The molecule has 0 unspecified atom stereocenters. The SMILES string of the molecule is O=C(Cn1ccc(=O)[nH]c1=O)N1CCCC[C@@H]1c1nc2ccc(F)cc2[nH]1. The zero-order valence-electron chi connectivity index (χ0n) is 14.4. The number of carbonyl (C=O) groups is 1. The molecule has 4 rings (SSSR count). The molecule has 0 radical (unpaired) electrons. The van der Waals surface area contributed by atoms with E-state index in [1.807, 2.05) is 0 Å². The molecule has 0 spiro atoms. The molecule has 9 heteroatoms. The average molecular weight is 371 g/mol. The van der Waals surface area contributed by atoms with Crippen LogP contribution in [0.25, 0.3) is 11.0 Å². The van der Waals surface area contributed by atoms with Crippen LogP contribution in [0.5, 0.6) is 0 Å². The first-order chi connectivity index (χ1) is 13.0. The minimum atomic E-state index is -0.622. The molecule has 1 aliphatic heterocycles. The first-order valence-corrected chi connectivity index (χ1v) is 8.76. The number of fused-ring (bicyclic) bond motifs is 1. The van der Waals surface area contributed by atoms with Crippen LogP contribution in [0.4, 0.5) is 4.39 Å². The molecule has 0 bridgehead atoms. The quantitative estimate of drug-likeness (QED) is 0.724. The maximum atomic E-state index is 13.4. The highest BCUT2D eigenvalue weighted by Gasteiger charge is 2.30. The first kappa shape index (κ1) is 17.2. The van der Waals surface area contributed by atoms with Crippen molar-refractivity contribution < 1.29 is 9.18 Å². The Morgan fingerprint density at radius 1 is 1.22 bits per heavy atom. The van der Waals surface area contributed by atoms with E-state index in [9.17, 15) is 18.8 Å². The van der Waals surface area contributed by atoms with Gasteiger partial charge in [0.05, 0.1) is 17.1 Å². The number of nitrogens with zero attached hydrogens (tertiary/aromatic N) is 3. The number of amides is 1. The van der Waals surface area contributed by atoms with Crippen LogP contribution in [0.15, 0.2) is 40.1 Å². The van der Waals surface area contributed by atoms with Gasteiger partial charge in [-0.25, -0.2) is 14.2 Å². The summed E-state index contributed by atoms with van der Waals surface area (Å²) in [6, 6.07) is 5.26. The fraction of sp³-hybridized carbons (Fsp3) is 0.333. The predicted octanol–water partition coefficient (Wildman–Crippen LogP) is 1.31. The number of likely N-dealkylation sites (tertiary alicyclic amines) is 1. The second kappa shape index (κ2) is 6.82. The third-order valence-electron chi connectivity index (χ3n) is 4.80. The lowest BCUT2D eigenvalue weighted by Crippen LogP contribution is -2.42. The maximum absolute atomic E-state index is 13.4. The van der Waals surface area contributed by atoms with E-state index in [1.165, 1.54) is 29.0 Å². The van der Waals surface area contributed by atoms with Crippen molar-refractivity contribution in [3.63, 3.8) is 0 Å². The van der Waals surface area contributed by atoms with Crippen molar-refractivity contribution in [3.8, 4) is 0 Å². The van der Waals surface area contributed by atoms with Crippen molar-refractivity contribution in [1.82, 2.24) is 24.4 Å². The minimum absolute atomic E-state index is 0.166. The summed E-state index contributed by atoms with van der Waals surface area (Å²) in [5, 5.41) is 0. The second-order valence-electron chi connectivity index (χ2n) is 6.62. The molecule has 2 N–H and O–H groups in total. The summed E-state index contributed by atoms with van der Waals surface area (Å²) in [5.41, 5.74) is 0.0960. The lowest BCUT2D eigenvalue weighted by molar-refractivity contribution is -0.136. The number of rotatable bonds is 3. The van der Waals surface area contributed by atoms with Crippen LogP contribution in [0.2, 0.25) is 0 Å². The Hall–Kier alpha value is -3.23. The zero-order valence-corrected chi connectivity index (χ0v) is 14.4. The van der Waals surface area contributed by atoms with E-state index in [-0.39, 0.29) is 24.3 Å². The van der Waals surface area contributed by atoms with E-state index < -0.39 is 11.2 Å². The van der Waals surface area contributed by atoms with Crippen LogP contribution < -0.4 is 11.2 Å². The van der Waals surface area contributed by atoms with Crippen molar-refractivity contribution in [2.45, 2.75) is 31.8 Å². The molecule has 2 aromatic heterocycles. The van der Waals surface area contributed by atoms with Crippen LogP contribution in [-0.2, 0) is 11.3 Å². The smallest absolute Gasteiger partial charge is 0.328 e. The van der Waals surface area contributed by atoms with E-state index in [0.717, 1.165) is 19.3 Å². The fourth-order valence-corrected chi connectivity index (χ4v) is 3.48. The summed E-state index contributed by atoms with van der Waals surface area (Å²) in [5.74, 6) is 0.0182. The van der Waals surface area contributed by atoms with Gasteiger partial charge in [-0.2, -0.15) is 0 Å². The van der Waals surface area contributed by atoms with Gasteiger partial charge < -0.3 is 9.88 Å². The van der Waals surface area contributed by atoms with Crippen LogP contribution in [0.1, 0.15) is 31.1 Å². The van der Waals surface area contributed by atoms with E-state index in [0.29, 0.717) is 23.4 Å². The van der Waals surface area contributed by atoms with Gasteiger partial charge in [-0.1, -0.05) is 0 Å². The zero-order chi connectivity index (χ0) is 19.0. The number of aromatic nitrogens is 4. The number of H-pyrrole nitrogens is 2. The largest absolute Gasteiger partial charge is 0.340 e. The maximum Gasteiger partial charge on any atom is 0.328 e. The van der Waals surface area contributed by atoms with E-state index >= 15 is 0 Å². The lowest BCUT2D eigenvalue weighted by atomic mass is 10.0. The van der Waals surface area contributed by atoms with Crippen molar-refractivity contribution in [1.29, 1.82) is 0 Å². The van der Waals surface area contributed by atoms with Crippen LogP contribution in [0.3, 0.4) is 0 Å². The minimum Gasteiger partial charge on any atom is -0.340 e. The van der Waals surface area contributed by atoms with Crippen LogP contribution in [0, 0.1) is 5.82 Å². The topological polar surface area (TPSA) is 104 Å². The molecule has 3 heterocycles. The molecule has 8 nitrogen and oxygen atoms in total. The third-order valence-corrected chi connectivity index (χ3v) is 4.80. The van der Waals surface area contributed by atoms with Crippen LogP contribution in [-0.4, -0.2) is 36.9 Å². The molecule has 1 amide bonds. The van der Waals surface area contributed by atoms with Crippen molar-refractivity contribution in [2.24, 2.45) is 0 Å². The lowest BCUT2D eigenvalue weighted by Gasteiger charge is -2.34. The number of carbonyl (C=O) groups excluding carboxylic acids is 1. The second-order valence-corrected chi connectivity index (χ2v) is 6.62. The molecule has 1 atom stereocenters. The highest BCUT2D eigenvalue weighted by Crippen LogP contribution is 2.30. The van der Waals surface area contributed by atoms with Gasteiger partial charge in [0.15, 0.2) is 0 Å². The number of nitrogens with one attached hydrogen (secondary N) is 2. The Kier molecular flexibility index (Phi) is 4.35. The van der Waals surface area contributed by atoms with Crippen molar-refractivity contribution >= 4 is 16.9 Å². The number of imidazole rings is 1. The molecule has 1 saturated heterocycles. The summed E-state index contributed by atoms with van der Waals surface area (Å²) in [6.07, 6.45) is 3.84. The van der Waals surface area contributed by atoms with Gasteiger partial charge in [-0.3, -0.25) is 19.1 Å². The van der Waals surface area contributed by atoms with Gasteiger partial charge in [-0.15, -0.1) is 0 Å². The molecule has 1 aromatic carbocycles. The number of halogens is 1. The third kappa shape index (κ3) is 3.40. The summed E-state index contributed by atoms with van der Waals surface area (Å²) >= 11 is 0. The standard InChI is InChI=1S/C18H18FN5O3/c19-11-4-5-12-13(9-11)21-17(20-12)14-3-1-2-7-24(14)16(26)10-23-8-6-15(25)22-18(23)27/h4-6,8-9,14H,1-3,7,10H2,(H,20,21)(H,22,25,27)/t14-/m1/s1. The molecule has 1 aliphatic rings. The molecule has 0 saturated carbocycles. The fourth-order valence-electron chi connectivity index (χ4n) is 3.48. The van der Waals surface area contributed by atoms with Gasteiger partial charge in [0.2, 0.25) is 5.91 Å². The van der Waals surface area contributed by atoms with Gasteiger partial charge in [0, 0.05) is 18.8 Å². The first-order valence-electron chi connectivity index (χ1n) is 8.76. The molecular weight excluding hydrogens is 353 g/mol. The van der Waals surface area contributed by atoms with Gasteiger partial charge in [0.25, 0.3) is 5.56 Å². The van der Waals surface area contributed by atoms with Gasteiger partial charge >= 0.3 is 5.69 Å². The molecule has 27 heavy (non-hydrogen) atoms. The Bertz CT molecular complexity index is 1120. The summed E-state index contributed by atoms with van der Waals surface area (Å²) in [6.45, 7) is 0.383. The Balaban J connectivity index is 1.62. The van der Waals surface area contributed by atoms with E-state index in [1.54, 1.807) is 11.0 Å². The average Bonchev–Trinajstić information content (AvgIpc) is 3.07. The van der Waals surface area contributed by atoms with E-state index in [2.05, 4.69) is 15.0 Å². The normalized spacial score (nSPS) is 17.4. The molecule has 140 valence electrons. The Morgan fingerprint density at radius 3 is 2.89 bits per heavy atom. The Morgan fingerprint density at radius 2 is 2.07 bits per heavy atom. The van der Waals surface area contributed by atoms with Crippen LogP contribution >= 0.6 is 0 Å². The number of benzene rings is 1. The highest BCUT2D eigenvalue weighted by atomic mass is 19.1. The highest BCUT2D eigenvalue weighted by molar-refractivity contribution is 5.77. The summed E-state index contributed by atoms with van der Waals surface area (Å²) < 4.78 is 14.6. The van der Waals surface area contributed by atoms with Gasteiger partial charge in [0.1, 0.15) is 18.2 Å². The number of piperidine rings is 1. The van der Waals surface area contributed by atoms with Crippen molar-refractivity contribution in [3.05, 3.63) is 62.9 Å². The van der Waals surface area contributed by atoms with Crippen molar-refractivity contribution in [2.75, 3.05) is 6.54 Å². The predicted molar refractivity (Wildman–Crippen MR) is 95.7 cm³/mol. The number of hydrogen-bond donors (Lipinski definition) is 2. The number of aromatic amines is 2. The summed E-state index contributed by atoms with van der Waals surface area (Å²) in [4.78, 5) is 47.3. The monoisotopic (exact) mass is 371 g/mol. The van der Waals surface area contributed by atoms with Gasteiger partial charge in [-0.05, 0) is 37.5 Å². The summed E-state index contributed by atoms with van der Waals surface area (Å²) in [7, 11) is 0. The number of hydrogen-bond acceptors (Lipinski definition) is 4. The Labute approximate surface area is 152 Å². The molecule has 0 aliphatic carbocycles. The van der Waals surface area contributed by atoms with E-state index in [4.69, 9.17) is 0 Å².